The van der Waals surface area contributed by atoms with Gasteiger partial charge in [-0.3, -0.25) is 4.68 Å². The first-order chi connectivity index (χ1) is 9.52. The molecule has 0 aliphatic heterocycles. The molecule has 1 aromatic heterocycles. The molecule has 3 N–H and O–H groups in total. The second-order valence-electron chi connectivity index (χ2n) is 4.41. The molecular weight excluding hydrogens is 258 g/mol. The Bertz CT molecular complexity index is 635. The standard InChI is InChI=1S/C14H17N3O3/c1-3-17-13(12(15)9(2)16-17)14(19)20-8-10-5-4-6-11(18)7-10/h4-7,18H,3,8,15H2,1-2H3. The van der Waals surface area contributed by atoms with Crippen molar-refractivity contribution in [3.8, 4) is 5.75 Å². The fraction of sp³-hybridized carbons (Fsp3) is 0.286. The SMILES string of the molecule is CCn1nc(C)c(N)c1C(=O)OCc1cccc(O)c1. The summed E-state index contributed by atoms with van der Waals surface area (Å²) in [6.45, 7) is 4.22. The normalized spacial score (nSPS) is 10.5. The van der Waals surface area contributed by atoms with Crippen molar-refractivity contribution in [1.82, 2.24) is 9.78 Å². The van der Waals surface area contributed by atoms with Crippen molar-refractivity contribution < 1.29 is 14.6 Å². The number of carbonyl (C=O) groups is 1. The number of carbonyl (C=O) groups excluding carboxylic acids is 1. The molecule has 6 heteroatoms. The van der Waals surface area contributed by atoms with E-state index < -0.39 is 5.97 Å². The highest BCUT2D eigenvalue weighted by atomic mass is 16.5. The molecule has 0 saturated carbocycles. The van der Waals surface area contributed by atoms with Crippen LogP contribution in [0.25, 0.3) is 0 Å². The number of rotatable bonds is 4. The number of nitrogens with zero attached hydrogens (tertiary/aromatic N) is 2. The zero-order chi connectivity index (χ0) is 14.7. The molecule has 0 bridgehead atoms. The van der Waals surface area contributed by atoms with Gasteiger partial charge in [-0.05, 0) is 31.5 Å². The molecule has 106 valence electrons. The van der Waals surface area contributed by atoms with Crippen molar-refractivity contribution in [2.24, 2.45) is 0 Å². The topological polar surface area (TPSA) is 90.4 Å². The maximum Gasteiger partial charge on any atom is 0.359 e. The van der Waals surface area contributed by atoms with Gasteiger partial charge >= 0.3 is 5.97 Å². The molecule has 0 atom stereocenters. The molecule has 0 amide bonds. The first-order valence-corrected chi connectivity index (χ1v) is 6.30. The average molecular weight is 275 g/mol. The number of nitrogen functional groups attached to an aromatic ring is 1. The minimum Gasteiger partial charge on any atom is -0.508 e. The van der Waals surface area contributed by atoms with Gasteiger partial charge in [0, 0.05) is 6.54 Å². The molecular formula is C14H17N3O3. The molecule has 20 heavy (non-hydrogen) atoms. The van der Waals surface area contributed by atoms with Gasteiger partial charge in [0.2, 0.25) is 0 Å². The molecule has 2 rings (SSSR count). The number of aromatic hydroxyl groups is 1. The summed E-state index contributed by atoms with van der Waals surface area (Å²) in [7, 11) is 0. The quantitative estimate of drug-likeness (QED) is 0.831. The van der Waals surface area contributed by atoms with E-state index in [1.165, 1.54) is 4.68 Å². The molecule has 2 aromatic rings. The molecule has 0 fully saturated rings. The van der Waals surface area contributed by atoms with E-state index in [1.54, 1.807) is 31.2 Å². The van der Waals surface area contributed by atoms with Crippen LogP contribution in [0.1, 0.15) is 28.7 Å². The van der Waals surface area contributed by atoms with Crippen molar-refractivity contribution >= 4 is 11.7 Å². The number of hydrogen-bond donors (Lipinski definition) is 2. The maximum absolute atomic E-state index is 12.1. The zero-order valence-electron chi connectivity index (χ0n) is 11.5. The number of phenols is 1. The van der Waals surface area contributed by atoms with E-state index in [0.717, 1.165) is 0 Å². The van der Waals surface area contributed by atoms with E-state index in [2.05, 4.69) is 5.10 Å². The average Bonchev–Trinajstić information content (AvgIpc) is 2.72. The molecule has 0 saturated heterocycles. The van der Waals surface area contributed by atoms with Gasteiger partial charge in [0.25, 0.3) is 0 Å². The van der Waals surface area contributed by atoms with Crippen LogP contribution in [0.15, 0.2) is 24.3 Å². The second kappa shape index (κ2) is 5.64. The maximum atomic E-state index is 12.1. The van der Waals surface area contributed by atoms with Crippen LogP contribution in [0, 0.1) is 6.92 Å². The number of phenolic OH excluding ortho intramolecular Hbond substituents is 1. The van der Waals surface area contributed by atoms with Crippen molar-refractivity contribution in [2.75, 3.05) is 5.73 Å². The second-order valence-corrected chi connectivity index (χ2v) is 4.41. The Morgan fingerprint density at radius 2 is 2.25 bits per heavy atom. The summed E-state index contributed by atoms with van der Waals surface area (Å²) in [5.41, 5.74) is 7.77. The highest BCUT2D eigenvalue weighted by Gasteiger charge is 2.20. The van der Waals surface area contributed by atoms with Crippen LogP contribution in [0.4, 0.5) is 5.69 Å². The summed E-state index contributed by atoms with van der Waals surface area (Å²) >= 11 is 0. The molecule has 0 radical (unpaired) electrons. The van der Waals surface area contributed by atoms with Crippen LogP contribution in [0.3, 0.4) is 0 Å². The summed E-state index contributed by atoms with van der Waals surface area (Å²) < 4.78 is 6.74. The molecule has 0 aliphatic carbocycles. The smallest absolute Gasteiger partial charge is 0.359 e. The monoisotopic (exact) mass is 275 g/mol. The lowest BCUT2D eigenvalue weighted by atomic mass is 10.2. The van der Waals surface area contributed by atoms with Crippen molar-refractivity contribution in [2.45, 2.75) is 27.0 Å². The highest BCUT2D eigenvalue weighted by Crippen LogP contribution is 2.18. The van der Waals surface area contributed by atoms with Crippen LogP contribution < -0.4 is 5.73 Å². The largest absolute Gasteiger partial charge is 0.508 e. The van der Waals surface area contributed by atoms with Crippen LogP contribution in [0.2, 0.25) is 0 Å². The zero-order valence-corrected chi connectivity index (χ0v) is 11.5. The predicted octanol–water partition coefficient (Wildman–Crippen LogP) is 1.86. The summed E-state index contributed by atoms with van der Waals surface area (Å²) in [6.07, 6.45) is 0. The molecule has 1 aromatic carbocycles. The van der Waals surface area contributed by atoms with E-state index in [-0.39, 0.29) is 18.1 Å². The van der Waals surface area contributed by atoms with Crippen molar-refractivity contribution in [1.29, 1.82) is 0 Å². The van der Waals surface area contributed by atoms with E-state index in [9.17, 15) is 9.90 Å². The van der Waals surface area contributed by atoms with Crippen LogP contribution in [0.5, 0.6) is 5.75 Å². The Hall–Kier alpha value is -2.50. The lowest BCUT2D eigenvalue weighted by Crippen LogP contribution is -2.14. The Kier molecular flexibility index (Phi) is 3.93. The highest BCUT2D eigenvalue weighted by molar-refractivity contribution is 5.93. The molecule has 0 unspecified atom stereocenters. The van der Waals surface area contributed by atoms with Crippen LogP contribution in [-0.2, 0) is 17.9 Å². The van der Waals surface area contributed by atoms with Gasteiger partial charge < -0.3 is 15.6 Å². The van der Waals surface area contributed by atoms with Gasteiger partial charge in [-0.2, -0.15) is 5.10 Å². The minimum atomic E-state index is -0.520. The van der Waals surface area contributed by atoms with Gasteiger partial charge in [-0.25, -0.2) is 4.79 Å². The van der Waals surface area contributed by atoms with E-state index in [0.29, 0.717) is 23.5 Å². The number of esters is 1. The number of benzene rings is 1. The first-order valence-electron chi connectivity index (χ1n) is 6.30. The van der Waals surface area contributed by atoms with E-state index >= 15 is 0 Å². The van der Waals surface area contributed by atoms with Crippen LogP contribution in [-0.4, -0.2) is 20.9 Å². The Morgan fingerprint density at radius 1 is 1.50 bits per heavy atom. The Balaban J connectivity index is 2.13. The van der Waals surface area contributed by atoms with Gasteiger partial charge in [-0.15, -0.1) is 0 Å². The fourth-order valence-electron chi connectivity index (χ4n) is 1.90. The van der Waals surface area contributed by atoms with Gasteiger partial charge in [0.15, 0.2) is 5.69 Å². The van der Waals surface area contributed by atoms with E-state index in [4.69, 9.17) is 10.5 Å². The number of anilines is 1. The summed E-state index contributed by atoms with van der Waals surface area (Å²) in [6, 6.07) is 6.55. The Labute approximate surface area is 116 Å². The number of ether oxygens (including phenoxy) is 1. The fourth-order valence-corrected chi connectivity index (χ4v) is 1.90. The summed E-state index contributed by atoms with van der Waals surface area (Å²) in [5.74, 6) is -0.388. The summed E-state index contributed by atoms with van der Waals surface area (Å²) in [4.78, 5) is 12.1. The van der Waals surface area contributed by atoms with Gasteiger partial charge in [0.1, 0.15) is 12.4 Å². The number of nitrogens with two attached hydrogens (primary N) is 1. The third-order valence-corrected chi connectivity index (χ3v) is 2.95. The number of hydrogen-bond acceptors (Lipinski definition) is 5. The van der Waals surface area contributed by atoms with Gasteiger partial charge in [-0.1, -0.05) is 12.1 Å². The molecule has 6 nitrogen and oxygen atoms in total. The lowest BCUT2D eigenvalue weighted by Gasteiger charge is -2.07. The molecule has 0 spiro atoms. The Morgan fingerprint density at radius 3 is 2.90 bits per heavy atom. The predicted molar refractivity (Wildman–Crippen MR) is 74.3 cm³/mol. The number of aromatic nitrogens is 2. The van der Waals surface area contributed by atoms with Gasteiger partial charge in [0.05, 0.1) is 11.4 Å². The van der Waals surface area contributed by atoms with E-state index in [1.807, 2.05) is 6.92 Å². The van der Waals surface area contributed by atoms with Crippen molar-refractivity contribution in [3.63, 3.8) is 0 Å². The third kappa shape index (κ3) is 2.74. The molecule has 0 aliphatic rings. The lowest BCUT2D eigenvalue weighted by molar-refractivity contribution is 0.0459. The molecule has 1 heterocycles. The minimum absolute atomic E-state index is 0.0701. The summed E-state index contributed by atoms with van der Waals surface area (Å²) in [5, 5.41) is 13.5. The third-order valence-electron chi connectivity index (χ3n) is 2.95. The van der Waals surface area contributed by atoms with Crippen LogP contribution >= 0.6 is 0 Å². The van der Waals surface area contributed by atoms with Crippen molar-refractivity contribution in [3.05, 3.63) is 41.2 Å². The first kappa shape index (κ1) is 13.9. The number of aryl methyl sites for hydroxylation is 2.